The minimum absolute atomic E-state index is 0.0664. The molecule has 2 aromatic rings. The van der Waals surface area contributed by atoms with Gasteiger partial charge in [0.2, 0.25) is 5.91 Å². The summed E-state index contributed by atoms with van der Waals surface area (Å²) in [5.41, 5.74) is 1.62. The Balaban J connectivity index is 2.05. The number of aromatic nitrogens is 1. The molecule has 0 aliphatic rings. The van der Waals surface area contributed by atoms with Gasteiger partial charge in [-0.1, -0.05) is 6.08 Å². The quantitative estimate of drug-likeness (QED) is 0.527. The van der Waals surface area contributed by atoms with Gasteiger partial charge < -0.3 is 29.2 Å². The first-order valence-corrected chi connectivity index (χ1v) is 10.2. The Bertz CT molecular complexity index is 848. The van der Waals surface area contributed by atoms with E-state index in [0.717, 1.165) is 11.4 Å². The van der Waals surface area contributed by atoms with E-state index in [-0.39, 0.29) is 25.0 Å². The number of benzene rings is 1. The van der Waals surface area contributed by atoms with Crippen LogP contribution in [0, 0.1) is 0 Å². The first kappa shape index (κ1) is 24.0. The van der Waals surface area contributed by atoms with Crippen LogP contribution in [0.5, 0.6) is 5.75 Å². The topological polar surface area (TPSA) is 76.0 Å². The molecule has 0 fully saturated rings. The number of carbonyl (C=O) groups is 2. The Hall–Kier alpha value is -3.26. The molecule has 168 valence electrons. The molecular weight excluding hydrogens is 396 g/mol. The smallest absolute Gasteiger partial charge is 0.322 e. The summed E-state index contributed by atoms with van der Waals surface area (Å²) in [6, 6.07) is 10.6. The maximum atomic E-state index is 13.0. The second-order valence-corrected chi connectivity index (χ2v) is 6.98. The molecule has 0 aliphatic carbocycles. The van der Waals surface area contributed by atoms with Crippen molar-refractivity contribution in [2.75, 3.05) is 45.3 Å². The Labute approximate surface area is 184 Å². The van der Waals surface area contributed by atoms with Gasteiger partial charge in [-0.05, 0) is 43.3 Å². The number of carbonyl (C=O) groups excluding carboxylic acids is 2. The molecule has 1 N–H and O–H groups in total. The van der Waals surface area contributed by atoms with Crippen LogP contribution in [0.25, 0.3) is 0 Å². The van der Waals surface area contributed by atoms with Crippen molar-refractivity contribution >= 4 is 17.6 Å². The first-order valence-electron chi connectivity index (χ1n) is 10.2. The predicted molar refractivity (Wildman–Crippen MR) is 121 cm³/mol. The molecule has 0 unspecified atom stereocenters. The number of rotatable bonds is 12. The van der Waals surface area contributed by atoms with E-state index >= 15 is 0 Å². The highest BCUT2D eigenvalue weighted by Crippen LogP contribution is 2.16. The standard InChI is InChI=1S/C23H32N4O4/c1-5-13-27(23(29)24-19-9-11-21(12-10-19)31-6-2)18-22(28)26(15-16-30-4)17-20-8-7-14-25(20)3/h5,7-12,14H,1,6,13,15-18H2,2-4H3,(H,24,29). The zero-order valence-corrected chi connectivity index (χ0v) is 18.5. The van der Waals surface area contributed by atoms with Gasteiger partial charge in [0.1, 0.15) is 12.3 Å². The van der Waals surface area contributed by atoms with Crippen LogP contribution >= 0.6 is 0 Å². The van der Waals surface area contributed by atoms with Crippen molar-refractivity contribution in [3.05, 3.63) is 60.9 Å². The van der Waals surface area contributed by atoms with E-state index in [1.165, 1.54) is 4.90 Å². The summed E-state index contributed by atoms with van der Waals surface area (Å²) in [7, 11) is 3.53. The molecule has 1 aromatic heterocycles. The third-order valence-electron chi connectivity index (χ3n) is 4.70. The van der Waals surface area contributed by atoms with E-state index < -0.39 is 0 Å². The predicted octanol–water partition coefficient (Wildman–Crippen LogP) is 3.12. The number of nitrogens with one attached hydrogen (secondary N) is 1. The SMILES string of the molecule is C=CCN(CC(=O)N(CCOC)Cc1cccn1C)C(=O)Nc1ccc(OCC)cc1. The lowest BCUT2D eigenvalue weighted by Gasteiger charge is -2.27. The molecule has 31 heavy (non-hydrogen) atoms. The van der Waals surface area contributed by atoms with E-state index in [4.69, 9.17) is 9.47 Å². The summed E-state index contributed by atoms with van der Waals surface area (Å²) in [5.74, 6) is 0.565. The zero-order chi connectivity index (χ0) is 22.6. The van der Waals surface area contributed by atoms with Crippen molar-refractivity contribution in [3.63, 3.8) is 0 Å². The molecule has 0 spiro atoms. The van der Waals surface area contributed by atoms with Gasteiger partial charge in [-0.25, -0.2) is 4.79 Å². The molecule has 0 atom stereocenters. The van der Waals surface area contributed by atoms with Crippen molar-refractivity contribution in [3.8, 4) is 5.75 Å². The van der Waals surface area contributed by atoms with Crippen LogP contribution in [0.1, 0.15) is 12.6 Å². The molecular formula is C23H32N4O4. The highest BCUT2D eigenvalue weighted by molar-refractivity contribution is 5.92. The van der Waals surface area contributed by atoms with Crippen LogP contribution in [0.15, 0.2) is 55.3 Å². The van der Waals surface area contributed by atoms with E-state index in [9.17, 15) is 9.59 Å². The van der Waals surface area contributed by atoms with Gasteiger partial charge >= 0.3 is 6.03 Å². The summed E-state index contributed by atoms with van der Waals surface area (Å²) in [6.45, 7) is 7.66. The molecule has 8 nitrogen and oxygen atoms in total. The van der Waals surface area contributed by atoms with Gasteiger partial charge in [-0.15, -0.1) is 6.58 Å². The first-order chi connectivity index (χ1) is 15.0. The number of anilines is 1. The van der Waals surface area contributed by atoms with Crippen molar-refractivity contribution in [1.29, 1.82) is 0 Å². The molecule has 8 heteroatoms. The van der Waals surface area contributed by atoms with Gasteiger partial charge in [0, 0.05) is 44.8 Å². The van der Waals surface area contributed by atoms with Gasteiger partial charge in [0.15, 0.2) is 0 Å². The van der Waals surface area contributed by atoms with Crippen molar-refractivity contribution < 1.29 is 19.1 Å². The number of aryl methyl sites for hydroxylation is 1. The van der Waals surface area contributed by atoms with Gasteiger partial charge in [-0.2, -0.15) is 0 Å². The highest BCUT2D eigenvalue weighted by atomic mass is 16.5. The summed E-state index contributed by atoms with van der Waals surface area (Å²) in [5, 5.41) is 2.82. The van der Waals surface area contributed by atoms with Crippen molar-refractivity contribution in [1.82, 2.24) is 14.4 Å². The Morgan fingerprint density at radius 3 is 2.52 bits per heavy atom. The molecule has 1 heterocycles. The number of ether oxygens (including phenoxy) is 2. The van der Waals surface area contributed by atoms with Crippen LogP contribution in [0.4, 0.5) is 10.5 Å². The summed E-state index contributed by atoms with van der Waals surface area (Å²) >= 11 is 0. The van der Waals surface area contributed by atoms with E-state index in [1.807, 2.05) is 36.9 Å². The molecule has 0 bridgehead atoms. The number of hydrogen-bond donors (Lipinski definition) is 1. The third kappa shape index (κ3) is 7.49. The van der Waals surface area contributed by atoms with E-state index in [0.29, 0.717) is 32.0 Å². The maximum Gasteiger partial charge on any atom is 0.322 e. The molecule has 3 amide bonds. The summed E-state index contributed by atoms with van der Waals surface area (Å²) < 4.78 is 12.5. The lowest BCUT2D eigenvalue weighted by Crippen LogP contribution is -2.45. The normalized spacial score (nSPS) is 10.4. The molecule has 0 radical (unpaired) electrons. The van der Waals surface area contributed by atoms with Crippen molar-refractivity contribution in [2.45, 2.75) is 13.5 Å². The van der Waals surface area contributed by atoms with E-state index in [2.05, 4.69) is 11.9 Å². The van der Waals surface area contributed by atoms with E-state index in [1.54, 1.807) is 42.4 Å². The fourth-order valence-corrected chi connectivity index (χ4v) is 2.99. The fraction of sp³-hybridized carbons (Fsp3) is 0.391. The lowest BCUT2D eigenvalue weighted by molar-refractivity contribution is -0.133. The van der Waals surface area contributed by atoms with Crippen LogP contribution in [0.2, 0.25) is 0 Å². The monoisotopic (exact) mass is 428 g/mol. The summed E-state index contributed by atoms with van der Waals surface area (Å²) in [4.78, 5) is 28.9. The number of urea groups is 1. The molecule has 1 aromatic carbocycles. The Morgan fingerprint density at radius 1 is 1.19 bits per heavy atom. The molecule has 0 aliphatic heterocycles. The van der Waals surface area contributed by atoms with Crippen LogP contribution in [-0.4, -0.2) is 66.3 Å². The van der Waals surface area contributed by atoms with Gasteiger partial charge in [0.25, 0.3) is 0 Å². The van der Waals surface area contributed by atoms with Gasteiger partial charge in [0.05, 0.1) is 19.8 Å². The average molecular weight is 429 g/mol. The number of hydrogen-bond acceptors (Lipinski definition) is 4. The average Bonchev–Trinajstić information content (AvgIpc) is 3.16. The summed E-state index contributed by atoms with van der Waals surface area (Å²) in [6.07, 6.45) is 3.53. The second kappa shape index (κ2) is 12.4. The molecule has 0 saturated heterocycles. The fourth-order valence-electron chi connectivity index (χ4n) is 2.99. The van der Waals surface area contributed by atoms with Crippen molar-refractivity contribution in [2.24, 2.45) is 7.05 Å². The largest absolute Gasteiger partial charge is 0.494 e. The van der Waals surface area contributed by atoms with Crippen LogP contribution < -0.4 is 10.1 Å². The number of methoxy groups -OCH3 is 1. The highest BCUT2D eigenvalue weighted by Gasteiger charge is 2.21. The van der Waals surface area contributed by atoms with Crippen LogP contribution in [-0.2, 0) is 23.1 Å². The second-order valence-electron chi connectivity index (χ2n) is 6.98. The minimum atomic E-state index is -0.372. The number of amides is 3. The van der Waals surface area contributed by atoms with Gasteiger partial charge in [-0.3, -0.25) is 4.79 Å². The minimum Gasteiger partial charge on any atom is -0.494 e. The zero-order valence-electron chi connectivity index (χ0n) is 18.5. The maximum absolute atomic E-state index is 13.0. The molecule has 2 rings (SSSR count). The number of nitrogens with zero attached hydrogens (tertiary/aromatic N) is 3. The Kier molecular flexibility index (Phi) is 9.64. The lowest BCUT2D eigenvalue weighted by atomic mass is 10.3. The molecule has 0 saturated carbocycles. The Morgan fingerprint density at radius 2 is 1.94 bits per heavy atom. The third-order valence-corrected chi connectivity index (χ3v) is 4.70. The van der Waals surface area contributed by atoms with Crippen LogP contribution in [0.3, 0.4) is 0 Å².